The minimum Gasteiger partial charge on any atom is -0.258 e. The zero-order valence-corrected chi connectivity index (χ0v) is 11.3. The van der Waals surface area contributed by atoms with Gasteiger partial charge in [0.25, 0.3) is 5.69 Å². The Kier molecular flexibility index (Phi) is 4.58. The number of nitrogens with zero attached hydrogens (tertiary/aromatic N) is 1. The van der Waals surface area contributed by atoms with Crippen LogP contribution in [0.1, 0.15) is 22.8 Å². The third-order valence-corrected chi connectivity index (χ3v) is 3.59. The number of benzene rings is 2. The third kappa shape index (κ3) is 3.83. The standard InChI is InChI=1S/C15H15NO2S/c17-16(18)14-9-7-13(8-10-14)15(19)11-6-12-4-2-1-3-5-12/h1-5,7-10,15,19H,6,11H2. The van der Waals surface area contributed by atoms with E-state index in [0.717, 1.165) is 18.4 Å². The van der Waals surface area contributed by atoms with E-state index in [1.54, 1.807) is 12.1 Å². The van der Waals surface area contributed by atoms with Crippen molar-refractivity contribution < 1.29 is 4.92 Å². The molecule has 0 aliphatic carbocycles. The fourth-order valence-corrected chi connectivity index (χ4v) is 2.23. The summed E-state index contributed by atoms with van der Waals surface area (Å²) in [6, 6.07) is 16.8. The Morgan fingerprint density at radius 3 is 2.26 bits per heavy atom. The Bertz CT molecular complexity index is 540. The highest BCUT2D eigenvalue weighted by atomic mass is 32.1. The molecular weight excluding hydrogens is 258 g/mol. The Morgan fingerprint density at radius 2 is 1.68 bits per heavy atom. The van der Waals surface area contributed by atoms with Crippen LogP contribution in [0.2, 0.25) is 0 Å². The summed E-state index contributed by atoms with van der Waals surface area (Å²) in [6.45, 7) is 0. The maximum atomic E-state index is 10.6. The van der Waals surface area contributed by atoms with Gasteiger partial charge in [-0.1, -0.05) is 42.5 Å². The van der Waals surface area contributed by atoms with Gasteiger partial charge in [0.05, 0.1) is 4.92 Å². The van der Waals surface area contributed by atoms with Crippen molar-refractivity contribution in [3.63, 3.8) is 0 Å². The molecule has 0 amide bonds. The zero-order chi connectivity index (χ0) is 13.7. The van der Waals surface area contributed by atoms with Gasteiger partial charge in [-0.05, 0) is 24.0 Å². The average Bonchev–Trinajstić information content (AvgIpc) is 2.46. The highest BCUT2D eigenvalue weighted by Gasteiger charge is 2.09. The molecule has 0 saturated carbocycles. The molecule has 4 heteroatoms. The smallest absolute Gasteiger partial charge is 0.258 e. The molecule has 0 aliphatic heterocycles. The highest BCUT2D eigenvalue weighted by Crippen LogP contribution is 2.26. The van der Waals surface area contributed by atoms with Crippen molar-refractivity contribution in [2.24, 2.45) is 0 Å². The number of rotatable bonds is 5. The van der Waals surface area contributed by atoms with Crippen LogP contribution >= 0.6 is 12.6 Å². The molecule has 0 bridgehead atoms. The maximum Gasteiger partial charge on any atom is 0.269 e. The van der Waals surface area contributed by atoms with Crippen molar-refractivity contribution in [3.8, 4) is 0 Å². The van der Waals surface area contributed by atoms with Crippen LogP contribution < -0.4 is 0 Å². The van der Waals surface area contributed by atoms with Gasteiger partial charge in [-0.2, -0.15) is 12.6 Å². The number of hydrogen-bond acceptors (Lipinski definition) is 3. The lowest BCUT2D eigenvalue weighted by Gasteiger charge is -2.10. The van der Waals surface area contributed by atoms with Gasteiger partial charge in [0.2, 0.25) is 0 Å². The third-order valence-electron chi connectivity index (χ3n) is 3.04. The number of nitro groups is 1. The van der Waals surface area contributed by atoms with E-state index in [1.165, 1.54) is 17.7 Å². The van der Waals surface area contributed by atoms with Crippen molar-refractivity contribution in [1.82, 2.24) is 0 Å². The molecule has 0 spiro atoms. The first kappa shape index (κ1) is 13.6. The van der Waals surface area contributed by atoms with Crippen LogP contribution in [0, 0.1) is 10.1 Å². The average molecular weight is 273 g/mol. The fraction of sp³-hybridized carbons (Fsp3) is 0.200. The van der Waals surface area contributed by atoms with Gasteiger partial charge in [0, 0.05) is 17.4 Å². The van der Waals surface area contributed by atoms with Gasteiger partial charge in [-0.15, -0.1) is 0 Å². The second-order valence-corrected chi connectivity index (χ2v) is 5.01. The van der Waals surface area contributed by atoms with Crippen LogP contribution in [0.3, 0.4) is 0 Å². The summed E-state index contributed by atoms with van der Waals surface area (Å²) in [4.78, 5) is 10.2. The Hall–Kier alpha value is -1.81. The minimum absolute atomic E-state index is 0.0982. The fourth-order valence-electron chi connectivity index (χ4n) is 1.93. The molecule has 2 rings (SSSR count). The summed E-state index contributed by atoms with van der Waals surface area (Å²) < 4.78 is 0. The molecular formula is C15H15NO2S. The predicted octanol–water partition coefficient (Wildman–Crippen LogP) is 4.20. The molecule has 0 aromatic heterocycles. The molecule has 2 aromatic rings. The second-order valence-electron chi connectivity index (χ2n) is 4.39. The SMILES string of the molecule is O=[N+]([O-])c1ccc(C(S)CCc2ccccc2)cc1. The number of nitro benzene ring substituents is 1. The number of thiol groups is 1. The first-order valence-corrected chi connectivity index (χ1v) is 6.65. The van der Waals surface area contributed by atoms with E-state index < -0.39 is 0 Å². The van der Waals surface area contributed by atoms with Gasteiger partial charge in [0.1, 0.15) is 0 Å². The Labute approximate surface area is 117 Å². The van der Waals surface area contributed by atoms with Gasteiger partial charge in [-0.25, -0.2) is 0 Å². The van der Waals surface area contributed by atoms with E-state index in [1.807, 2.05) is 18.2 Å². The molecule has 1 atom stereocenters. The molecule has 0 N–H and O–H groups in total. The van der Waals surface area contributed by atoms with E-state index in [-0.39, 0.29) is 15.9 Å². The van der Waals surface area contributed by atoms with Crippen molar-refractivity contribution in [2.75, 3.05) is 0 Å². The zero-order valence-electron chi connectivity index (χ0n) is 10.4. The molecule has 0 aliphatic rings. The van der Waals surface area contributed by atoms with Gasteiger partial charge >= 0.3 is 0 Å². The quantitative estimate of drug-likeness (QED) is 0.504. The van der Waals surface area contributed by atoms with Crippen LogP contribution in [0.4, 0.5) is 5.69 Å². The predicted molar refractivity (Wildman–Crippen MR) is 79.6 cm³/mol. The summed E-state index contributed by atoms with van der Waals surface area (Å²) >= 11 is 4.57. The second kappa shape index (κ2) is 6.38. The van der Waals surface area contributed by atoms with E-state index >= 15 is 0 Å². The monoisotopic (exact) mass is 273 g/mol. The van der Waals surface area contributed by atoms with Crippen molar-refractivity contribution in [2.45, 2.75) is 18.1 Å². The van der Waals surface area contributed by atoms with Gasteiger partial charge < -0.3 is 0 Å². The lowest BCUT2D eigenvalue weighted by atomic mass is 10.0. The first-order valence-electron chi connectivity index (χ1n) is 6.13. The molecule has 98 valence electrons. The van der Waals surface area contributed by atoms with Gasteiger partial charge in [0.15, 0.2) is 0 Å². The summed E-state index contributed by atoms with van der Waals surface area (Å²) in [5, 5.41) is 10.7. The Morgan fingerprint density at radius 1 is 1.05 bits per heavy atom. The number of hydrogen-bond donors (Lipinski definition) is 1. The first-order chi connectivity index (χ1) is 9.16. The summed E-state index contributed by atoms with van der Waals surface area (Å²) in [6.07, 6.45) is 1.86. The van der Waals surface area contributed by atoms with Crippen LogP contribution in [0.5, 0.6) is 0 Å². The molecule has 0 fully saturated rings. The van der Waals surface area contributed by atoms with Crippen LogP contribution in [-0.2, 0) is 6.42 Å². The summed E-state index contributed by atoms with van der Waals surface area (Å²) in [5.74, 6) is 0. The van der Waals surface area contributed by atoms with Crippen molar-refractivity contribution in [3.05, 3.63) is 75.8 Å². The molecule has 2 aromatic carbocycles. The van der Waals surface area contributed by atoms with Crippen LogP contribution in [0.15, 0.2) is 54.6 Å². The van der Waals surface area contributed by atoms with Crippen molar-refractivity contribution in [1.29, 1.82) is 0 Å². The largest absolute Gasteiger partial charge is 0.269 e. The normalized spacial score (nSPS) is 12.1. The van der Waals surface area contributed by atoms with Gasteiger partial charge in [-0.3, -0.25) is 10.1 Å². The maximum absolute atomic E-state index is 10.6. The molecule has 0 radical (unpaired) electrons. The molecule has 19 heavy (non-hydrogen) atoms. The van der Waals surface area contributed by atoms with Crippen molar-refractivity contribution >= 4 is 18.3 Å². The number of non-ortho nitro benzene ring substituents is 1. The minimum atomic E-state index is -0.388. The number of aryl methyl sites for hydroxylation is 1. The lowest BCUT2D eigenvalue weighted by Crippen LogP contribution is -1.95. The van der Waals surface area contributed by atoms with E-state index in [4.69, 9.17) is 0 Å². The Balaban J connectivity index is 1.96. The molecule has 0 saturated heterocycles. The summed E-state index contributed by atoms with van der Waals surface area (Å²) in [7, 11) is 0. The highest BCUT2D eigenvalue weighted by molar-refractivity contribution is 7.80. The molecule has 0 heterocycles. The van der Waals surface area contributed by atoms with Crippen LogP contribution in [0.25, 0.3) is 0 Å². The molecule has 1 unspecified atom stereocenters. The van der Waals surface area contributed by atoms with E-state index in [2.05, 4.69) is 24.8 Å². The van der Waals surface area contributed by atoms with E-state index in [9.17, 15) is 10.1 Å². The van der Waals surface area contributed by atoms with Crippen LogP contribution in [-0.4, -0.2) is 4.92 Å². The topological polar surface area (TPSA) is 43.1 Å². The summed E-state index contributed by atoms with van der Waals surface area (Å²) in [5.41, 5.74) is 2.42. The molecule has 3 nitrogen and oxygen atoms in total. The van der Waals surface area contributed by atoms with E-state index in [0.29, 0.717) is 0 Å². The lowest BCUT2D eigenvalue weighted by molar-refractivity contribution is -0.384.